The zero-order valence-electron chi connectivity index (χ0n) is 7.16. The SMILES string of the molecule is Oc1ccccc1Sc1ccnnn1. The number of hydrogen-bond donors (Lipinski definition) is 1. The van der Waals surface area contributed by atoms with E-state index >= 15 is 0 Å². The van der Waals surface area contributed by atoms with Gasteiger partial charge in [-0.05, 0) is 23.4 Å². The van der Waals surface area contributed by atoms with Gasteiger partial charge in [0.25, 0.3) is 0 Å². The first-order valence-corrected chi connectivity index (χ1v) is 4.78. The fraction of sp³-hybridized carbons (Fsp3) is 0. The van der Waals surface area contributed by atoms with Crippen LogP contribution in [0.4, 0.5) is 0 Å². The van der Waals surface area contributed by atoms with Gasteiger partial charge in [-0.25, -0.2) is 0 Å². The highest BCUT2D eigenvalue weighted by Gasteiger charge is 2.02. The molecule has 0 aliphatic heterocycles. The largest absolute Gasteiger partial charge is 0.507 e. The third kappa shape index (κ3) is 2.00. The molecule has 0 saturated heterocycles. The molecule has 0 amide bonds. The smallest absolute Gasteiger partial charge is 0.129 e. The molecule has 0 radical (unpaired) electrons. The second-order valence-electron chi connectivity index (χ2n) is 2.53. The standard InChI is InChI=1S/C9H7N3OS/c13-7-3-1-2-4-8(7)14-9-5-6-10-12-11-9/h1-6,13H. The molecule has 0 fully saturated rings. The molecule has 0 bridgehead atoms. The van der Waals surface area contributed by atoms with Crippen LogP contribution in [0.1, 0.15) is 0 Å². The Morgan fingerprint density at radius 1 is 1.14 bits per heavy atom. The Balaban J connectivity index is 2.24. The summed E-state index contributed by atoms with van der Waals surface area (Å²) >= 11 is 1.35. The van der Waals surface area contributed by atoms with Gasteiger partial charge in [0.05, 0.1) is 11.1 Å². The van der Waals surface area contributed by atoms with Gasteiger partial charge in [0, 0.05) is 0 Å². The Morgan fingerprint density at radius 2 is 2.00 bits per heavy atom. The number of hydrogen-bond acceptors (Lipinski definition) is 5. The summed E-state index contributed by atoms with van der Waals surface area (Å²) in [5, 5.41) is 21.1. The van der Waals surface area contributed by atoms with Crippen molar-refractivity contribution < 1.29 is 5.11 Å². The lowest BCUT2D eigenvalue weighted by atomic mass is 10.3. The second kappa shape index (κ2) is 4.06. The van der Waals surface area contributed by atoms with Crippen LogP contribution in [0.15, 0.2) is 46.5 Å². The molecule has 2 rings (SSSR count). The molecular formula is C9H7N3OS. The normalized spacial score (nSPS) is 10.0. The van der Waals surface area contributed by atoms with Gasteiger partial charge in [-0.3, -0.25) is 0 Å². The van der Waals surface area contributed by atoms with E-state index in [1.807, 2.05) is 12.1 Å². The quantitative estimate of drug-likeness (QED) is 0.809. The molecule has 1 aromatic carbocycles. The van der Waals surface area contributed by atoms with Gasteiger partial charge in [0.1, 0.15) is 10.8 Å². The van der Waals surface area contributed by atoms with Crippen molar-refractivity contribution in [1.82, 2.24) is 15.4 Å². The van der Waals surface area contributed by atoms with Gasteiger partial charge < -0.3 is 5.11 Å². The van der Waals surface area contributed by atoms with Gasteiger partial charge in [0.2, 0.25) is 0 Å². The first-order valence-electron chi connectivity index (χ1n) is 3.96. The molecule has 0 aliphatic carbocycles. The number of nitrogens with zero attached hydrogens (tertiary/aromatic N) is 3. The zero-order valence-corrected chi connectivity index (χ0v) is 7.98. The molecule has 70 valence electrons. The predicted molar refractivity (Wildman–Crippen MR) is 52.1 cm³/mol. The first kappa shape index (κ1) is 8.96. The van der Waals surface area contributed by atoms with Crippen LogP contribution in [-0.2, 0) is 0 Å². The molecule has 1 heterocycles. The number of phenolic OH excluding ortho intramolecular Hbond substituents is 1. The second-order valence-corrected chi connectivity index (χ2v) is 3.59. The average Bonchev–Trinajstić information content (AvgIpc) is 2.23. The minimum Gasteiger partial charge on any atom is -0.507 e. The van der Waals surface area contributed by atoms with Crippen LogP contribution in [0.5, 0.6) is 5.75 Å². The lowest BCUT2D eigenvalue weighted by Crippen LogP contribution is -1.86. The highest BCUT2D eigenvalue weighted by molar-refractivity contribution is 7.99. The third-order valence-electron chi connectivity index (χ3n) is 1.56. The molecule has 1 aromatic heterocycles. The van der Waals surface area contributed by atoms with Crippen LogP contribution in [0.2, 0.25) is 0 Å². The number of phenols is 1. The summed E-state index contributed by atoms with van der Waals surface area (Å²) in [6.45, 7) is 0. The minimum atomic E-state index is 0.246. The van der Waals surface area contributed by atoms with E-state index in [-0.39, 0.29) is 5.75 Å². The van der Waals surface area contributed by atoms with Gasteiger partial charge >= 0.3 is 0 Å². The maximum Gasteiger partial charge on any atom is 0.129 e. The zero-order chi connectivity index (χ0) is 9.80. The van der Waals surface area contributed by atoms with Gasteiger partial charge in [-0.1, -0.05) is 23.9 Å². The summed E-state index contributed by atoms with van der Waals surface area (Å²) < 4.78 is 0. The molecule has 4 nitrogen and oxygen atoms in total. The summed E-state index contributed by atoms with van der Waals surface area (Å²) in [6, 6.07) is 8.83. The van der Waals surface area contributed by atoms with Crippen molar-refractivity contribution >= 4 is 11.8 Å². The molecule has 0 unspecified atom stereocenters. The van der Waals surface area contributed by atoms with Crippen LogP contribution in [0.25, 0.3) is 0 Å². The molecular weight excluding hydrogens is 198 g/mol. The molecule has 14 heavy (non-hydrogen) atoms. The van der Waals surface area contributed by atoms with Crippen molar-refractivity contribution in [1.29, 1.82) is 0 Å². The van der Waals surface area contributed by atoms with Crippen molar-refractivity contribution in [3.63, 3.8) is 0 Å². The van der Waals surface area contributed by atoms with E-state index in [4.69, 9.17) is 0 Å². The molecule has 1 N–H and O–H groups in total. The molecule has 0 spiro atoms. The monoisotopic (exact) mass is 205 g/mol. The van der Waals surface area contributed by atoms with Crippen molar-refractivity contribution in [2.24, 2.45) is 0 Å². The molecule has 0 saturated carbocycles. The van der Waals surface area contributed by atoms with E-state index in [9.17, 15) is 5.11 Å². The summed E-state index contributed by atoms with van der Waals surface area (Å²) in [5.41, 5.74) is 0. The minimum absolute atomic E-state index is 0.246. The fourth-order valence-corrected chi connectivity index (χ4v) is 1.69. The molecule has 5 heteroatoms. The van der Waals surface area contributed by atoms with Gasteiger partial charge in [-0.2, -0.15) is 0 Å². The van der Waals surface area contributed by atoms with E-state index in [1.54, 1.807) is 24.4 Å². The van der Waals surface area contributed by atoms with Crippen LogP contribution >= 0.6 is 11.8 Å². The number of rotatable bonds is 2. The fourth-order valence-electron chi connectivity index (χ4n) is 0.941. The molecule has 0 aliphatic rings. The van der Waals surface area contributed by atoms with Crippen LogP contribution in [0, 0.1) is 0 Å². The van der Waals surface area contributed by atoms with Gasteiger partial charge in [0.15, 0.2) is 0 Å². The van der Waals surface area contributed by atoms with E-state index in [0.29, 0.717) is 5.03 Å². The maximum absolute atomic E-state index is 9.49. The number of para-hydroxylation sites is 1. The van der Waals surface area contributed by atoms with Crippen LogP contribution in [-0.4, -0.2) is 20.5 Å². The topological polar surface area (TPSA) is 58.9 Å². The van der Waals surface area contributed by atoms with Crippen molar-refractivity contribution in [3.8, 4) is 5.75 Å². The maximum atomic E-state index is 9.49. The predicted octanol–water partition coefficient (Wildman–Crippen LogP) is 1.73. The number of aromatic hydroxyl groups is 1. The van der Waals surface area contributed by atoms with Crippen molar-refractivity contribution in [2.45, 2.75) is 9.92 Å². The lowest BCUT2D eigenvalue weighted by molar-refractivity contribution is 0.462. The molecule has 2 aromatic rings. The number of aromatic nitrogens is 3. The van der Waals surface area contributed by atoms with Crippen molar-refractivity contribution in [3.05, 3.63) is 36.5 Å². The van der Waals surface area contributed by atoms with Crippen LogP contribution < -0.4 is 0 Å². The highest BCUT2D eigenvalue weighted by Crippen LogP contribution is 2.31. The van der Waals surface area contributed by atoms with E-state index < -0.39 is 0 Å². The van der Waals surface area contributed by atoms with E-state index in [2.05, 4.69) is 15.4 Å². The lowest BCUT2D eigenvalue weighted by Gasteiger charge is -2.00. The van der Waals surface area contributed by atoms with Crippen molar-refractivity contribution in [2.75, 3.05) is 0 Å². The summed E-state index contributed by atoms with van der Waals surface area (Å²) in [7, 11) is 0. The van der Waals surface area contributed by atoms with Crippen LogP contribution in [0.3, 0.4) is 0 Å². The van der Waals surface area contributed by atoms with E-state index in [1.165, 1.54) is 11.8 Å². The van der Waals surface area contributed by atoms with Gasteiger partial charge in [-0.15, -0.1) is 10.2 Å². The Labute approximate surface area is 85.0 Å². The highest BCUT2D eigenvalue weighted by atomic mass is 32.2. The Morgan fingerprint density at radius 3 is 2.71 bits per heavy atom. The summed E-state index contributed by atoms with van der Waals surface area (Å²) in [4.78, 5) is 0.757. The molecule has 0 atom stereocenters. The average molecular weight is 205 g/mol. The van der Waals surface area contributed by atoms with E-state index in [0.717, 1.165) is 4.90 Å². The Hall–Kier alpha value is -1.62. The third-order valence-corrected chi connectivity index (χ3v) is 2.55. The summed E-state index contributed by atoms with van der Waals surface area (Å²) in [6.07, 6.45) is 1.56. The summed E-state index contributed by atoms with van der Waals surface area (Å²) in [5.74, 6) is 0.246. The first-order chi connectivity index (χ1) is 6.86. The Kier molecular flexibility index (Phi) is 2.60. The number of benzene rings is 1. The Bertz CT molecular complexity index is 421.